The van der Waals surface area contributed by atoms with E-state index in [-0.39, 0.29) is 5.54 Å². The quantitative estimate of drug-likeness (QED) is 0.546. The summed E-state index contributed by atoms with van der Waals surface area (Å²) in [5.74, 6) is 0.923. The van der Waals surface area contributed by atoms with Gasteiger partial charge in [0, 0.05) is 56.2 Å². The van der Waals surface area contributed by atoms with E-state index in [1.165, 1.54) is 12.0 Å². The fraction of sp³-hybridized carbons (Fsp3) is 0.750. The van der Waals surface area contributed by atoms with Crippen molar-refractivity contribution < 1.29 is 4.74 Å². The maximum atomic E-state index is 5.48. The van der Waals surface area contributed by atoms with Crippen molar-refractivity contribution in [3.05, 3.63) is 21.9 Å². The summed E-state index contributed by atoms with van der Waals surface area (Å²) in [7, 11) is 0. The highest BCUT2D eigenvalue weighted by atomic mass is 32.1. The molecule has 1 aromatic rings. The molecule has 0 spiro atoms. The number of rotatable bonds is 7. The molecule has 0 radical (unpaired) electrons. The zero-order valence-electron chi connectivity index (χ0n) is 17.1. The third-order valence-corrected chi connectivity index (χ3v) is 6.47. The standard InChI is InChI=1S/C20H35N5OS/c1-4-21-19(23-16-20(2,3)25-10-12-26-13-11-25)22-7-9-24-8-5-18-17(15-24)6-14-27-18/h6,14H,4-5,7-13,15-16H2,1-3H3,(H2,21,22,23). The Morgan fingerprint density at radius 2 is 2.07 bits per heavy atom. The number of morpholine rings is 1. The van der Waals surface area contributed by atoms with E-state index in [2.05, 4.69) is 52.7 Å². The Kier molecular flexibility index (Phi) is 7.52. The van der Waals surface area contributed by atoms with E-state index < -0.39 is 0 Å². The van der Waals surface area contributed by atoms with E-state index >= 15 is 0 Å². The lowest BCUT2D eigenvalue weighted by atomic mass is 10.0. The number of guanidine groups is 1. The lowest BCUT2D eigenvalue weighted by Gasteiger charge is -2.40. The zero-order chi connectivity index (χ0) is 19.1. The molecule has 0 saturated carbocycles. The molecule has 6 nitrogen and oxygen atoms in total. The van der Waals surface area contributed by atoms with Crippen molar-refractivity contribution in [3.63, 3.8) is 0 Å². The number of ether oxygens (including phenoxy) is 1. The summed E-state index contributed by atoms with van der Waals surface area (Å²) < 4.78 is 5.48. The zero-order valence-corrected chi connectivity index (χ0v) is 17.9. The van der Waals surface area contributed by atoms with Gasteiger partial charge in [-0.2, -0.15) is 0 Å². The predicted octanol–water partition coefficient (Wildman–Crippen LogP) is 1.77. The van der Waals surface area contributed by atoms with Gasteiger partial charge in [0.15, 0.2) is 5.96 Å². The number of fused-ring (bicyclic) bond motifs is 1. The van der Waals surface area contributed by atoms with Crippen LogP contribution in [0.15, 0.2) is 16.4 Å². The molecule has 3 rings (SSSR count). The molecule has 27 heavy (non-hydrogen) atoms. The van der Waals surface area contributed by atoms with Gasteiger partial charge in [-0.05, 0) is 44.2 Å². The third-order valence-electron chi connectivity index (χ3n) is 5.44. The van der Waals surface area contributed by atoms with Crippen molar-refractivity contribution in [1.29, 1.82) is 0 Å². The van der Waals surface area contributed by atoms with Gasteiger partial charge in [-0.25, -0.2) is 0 Å². The summed E-state index contributed by atoms with van der Waals surface area (Å²) >= 11 is 1.90. The minimum Gasteiger partial charge on any atom is -0.379 e. The maximum Gasteiger partial charge on any atom is 0.191 e. The van der Waals surface area contributed by atoms with E-state index in [0.717, 1.165) is 71.5 Å². The average Bonchev–Trinajstić information content (AvgIpc) is 3.15. The molecule has 0 aromatic carbocycles. The Bertz CT molecular complexity index is 609. The first kappa shape index (κ1) is 20.6. The van der Waals surface area contributed by atoms with Crippen molar-refractivity contribution in [3.8, 4) is 0 Å². The highest BCUT2D eigenvalue weighted by molar-refractivity contribution is 7.10. The van der Waals surface area contributed by atoms with Crippen LogP contribution in [-0.2, 0) is 17.7 Å². The fourth-order valence-electron chi connectivity index (χ4n) is 3.71. The van der Waals surface area contributed by atoms with Crippen LogP contribution in [0.5, 0.6) is 0 Å². The van der Waals surface area contributed by atoms with Crippen molar-refractivity contribution in [2.24, 2.45) is 4.99 Å². The molecule has 0 aliphatic carbocycles. The molecule has 0 bridgehead atoms. The first-order chi connectivity index (χ1) is 13.1. The Morgan fingerprint density at radius 3 is 2.85 bits per heavy atom. The van der Waals surface area contributed by atoms with Gasteiger partial charge in [0.2, 0.25) is 0 Å². The molecule has 1 fully saturated rings. The number of nitrogens with zero attached hydrogens (tertiary/aromatic N) is 3. The van der Waals surface area contributed by atoms with Crippen LogP contribution in [-0.4, -0.2) is 80.3 Å². The van der Waals surface area contributed by atoms with Crippen LogP contribution in [0.25, 0.3) is 0 Å². The lowest BCUT2D eigenvalue weighted by molar-refractivity contribution is -0.00683. The van der Waals surface area contributed by atoms with Crippen LogP contribution in [0.2, 0.25) is 0 Å². The van der Waals surface area contributed by atoms with Gasteiger partial charge in [0.1, 0.15) is 0 Å². The first-order valence-electron chi connectivity index (χ1n) is 10.2. The molecule has 2 N–H and O–H groups in total. The van der Waals surface area contributed by atoms with Gasteiger partial charge < -0.3 is 15.4 Å². The summed E-state index contributed by atoms with van der Waals surface area (Å²) in [5, 5.41) is 9.12. The van der Waals surface area contributed by atoms with Crippen molar-refractivity contribution >= 4 is 17.3 Å². The average molecular weight is 394 g/mol. The summed E-state index contributed by atoms with van der Waals surface area (Å²) in [6.07, 6.45) is 1.19. The molecule has 3 heterocycles. The summed E-state index contributed by atoms with van der Waals surface area (Å²) in [5.41, 5.74) is 1.56. The fourth-order valence-corrected chi connectivity index (χ4v) is 4.60. The first-order valence-corrected chi connectivity index (χ1v) is 11.1. The Balaban J connectivity index is 1.46. The second kappa shape index (κ2) is 9.87. The summed E-state index contributed by atoms with van der Waals surface area (Å²) in [6, 6.07) is 2.28. The van der Waals surface area contributed by atoms with Crippen molar-refractivity contribution in [2.75, 3.05) is 59.0 Å². The minimum atomic E-state index is 0.0500. The van der Waals surface area contributed by atoms with E-state index in [4.69, 9.17) is 9.73 Å². The minimum absolute atomic E-state index is 0.0500. The molecule has 152 valence electrons. The molecular weight excluding hydrogens is 358 g/mol. The topological polar surface area (TPSA) is 52.1 Å². The second-order valence-corrected chi connectivity index (χ2v) is 8.93. The van der Waals surface area contributed by atoms with Gasteiger partial charge in [-0.3, -0.25) is 14.8 Å². The van der Waals surface area contributed by atoms with Crippen molar-refractivity contribution in [1.82, 2.24) is 20.4 Å². The number of hydrogen-bond acceptors (Lipinski definition) is 5. The Labute approximate surface area is 168 Å². The molecule has 7 heteroatoms. The third kappa shape index (κ3) is 5.91. The number of thiophene rings is 1. The molecule has 2 aliphatic heterocycles. The molecule has 0 amide bonds. The smallest absolute Gasteiger partial charge is 0.191 e. The van der Waals surface area contributed by atoms with Gasteiger partial charge in [0.25, 0.3) is 0 Å². The van der Waals surface area contributed by atoms with Crippen LogP contribution in [0, 0.1) is 0 Å². The van der Waals surface area contributed by atoms with Gasteiger partial charge >= 0.3 is 0 Å². The van der Waals surface area contributed by atoms with Crippen LogP contribution < -0.4 is 10.6 Å². The molecule has 0 unspecified atom stereocenters. The van der Waals surface area contributed by atoms with E-state index in [1.807, 2.05) is 11.3 Å². The van der Waals surface area contributed by atoms with Gasteiger partial charge in [0.05, 0.1) is 19.8 Å². The molecule has 0 atom stereocenters. The van der Waals surface area contributed by atoms with Crippen LogP contribution in [0.4, 0.5) is 0 Å². The van der Waals surface area contributed by atoms with Crippen LogP contribution >= 0.6 is 11.3 Å². The van der Waals surface area contributed by atoms with Crippen LogP contribution in [0.3, 0.4) is 0 Å². The summed E-state index contributed by atoms with van der Waals surface area (Å²) in [6.45, 7) is 16.2. The van der Waals surface area contributed by atoms with Gasteiger partial charge in [-0.15, -0.1) is 11.3 Å². The SMILES string of the molecule is CCNC(=NCC(C)(C)N1CCOCC1)NCCN1CCc2sccc2C1. The van der Waals surface area contributed by atoms with E-state index in [0.29, 0.717) is 0 Å². The van der Waals surface area contributed by atoms with Crippen LogP contribution in [0.1, 0.15) is 31.2 Å². The van der Waals surface area contributed by atoms with E-state index in [1.54, 1.807) is 4.88 Å². The molecule has 2 aliphatic rings. The Morgan fingerprint density at radius 1 is 1.26 bits per heavy atom. The van der Waals surface area contributed by atoms with Gasteiger partial charge in [-0.1, -0.05) is 0 Å². The highest BCUT2D eigenvalue weighted by Crippen LogP contribution is 2.23. The Hall–Kier alpha value is -1.15. The monoisotopic (exact) mass is 393 g/mol. The second-order valence-electron chi connectivity index (χ2n) is 7.93. The van der Waals surface area contributed by atoms with E-state index in [9.17, 15) is 0 Å². The summed E-state index contributed by atoms with van der Waals surface area (Å²) in [4.78, 5) is 11.4. The number of nitrogens with one attached hydrogen (secondary N) is 2. The molecule has 1 saturated heterocycles. The number of aliphatic imine (C=N–C) groups is 1. The predicted molar refractivity (Wildman–Crippen MR) is 114 cm³/mol. The highest BCUT2D eigenvalue weighted by Gasteiger charge is 2.28. The normalized spacial score (nSPS) is 19.7. The van der Waals surface area contributed by atoms with Crippen molar-refractivity contribution in [2.45, 2.75) is 39.3 Å². The lowest BCUT2D eigenvalue weighted by Crippen LogP contribution is -2.52. The largest absolute Gasteiger partial charge is 0.379 e. The maximum absolute atomic E-state index is 5.48. The molecule has 1 aromatic heterocycles. The number of hydrogen-bond donors (Lipinski definition) is 2. The molecular formula is C20H35N5OS.